The van der Waals surface area contributed by atoms with Crippen molar-refractivity contribution in [2.24, 2.45) is 34.5 Å². The van der Waals surface area contributed by atoms with Gasteiger partial charge in [-0.25, -0.2) is 4.79 Å². The van der Waals surface area contributed by atoms with Crippen molar-refractivity contribution in [3.05, 3.63) is 50.6 Å². The number of hydrogen-bond acceptors (Lipinski definition) is 11. The minimum absolute atomic E-state index is 0.00643. The van der Waals surface area contributed by atoms with E-state index in [0.717, 1.165) is 32.1 Å². The van der Waals surface area contributed by atoms with Gasteiger partial charge in [-0.3, -0.25) is 33.9 Å². The van der Waals surface area contributed by atoms with Crippen LogP contribution in [0.3, 0.4) is 0 Å². The third-order valence-corrected chi connectivity index (χ3v) is 14.3. The Kier molecular flexibility index (Phi) is 20.1. The van der Waals surface area contributed by atoms with E-state index < -0.39 is 70.7 Å². The molecule has 4 rings (SSSR count). The zero-order valence-electron chi connectivity index (χ0n) is 39.4. The number of ether oxygens (including phenoxy) is 1. The standard InChI is InChI=1S/C27H42N2O6.C22H35N2O4P/c1-8-10-11-12-13-20(28-25(34)35-26(5,6)7)24(33)29-16-22(32)17(3)23(29)21(31)15-27(18(4)30)14-19(27)9-2;1-5-7-8-9-10-17(23-29)21(28)24-13-19(27)14(3)20(24)18(26)12-22(15(4)25)11-16(22)6-2/h8-9,17,19-20,22-23,32H,1-2,10-16H2,3-7H3,(H,28,34);5-6,14,16-17,19-20,23,27H,1-2,7-13,29H2,3-4H3/t17?,19-,20+,22+,23+,27+;14?,16-,17+,19+,20+,22+/m11/s1. The van der Waals surface area contributed by atoms with E-state index in [9.17, 15) is 43.8 Å². The Labute approximate surface area is 383 Å². The molecular formula is C49H77N4O10P. The second kappa shape index (κ2) is 23.6. The smallest absolute Gasteiger partial charge is 0.408 e. The van der Waals surface area contributed by atoms with E-state index in [1.165, 1.54) is 23.6 Å². The predicted octanol–water partition coefficient (Wildman–Crippen LogP) is 6.00. The van der Waals surface area contributed by atoms with Crippen molar-refractivity contribution < 1.29 is 48.5 Å². The van der Waals surface area contributed by atoms with Gasteiger partial charge in [-0.1, -0.05) is 60.4 Å². The molecule has 4 fully saturated rings. The van der Waals surface area contributed by atoms with E-state index >= 15 is 0 Å². The van der Waals surface area contributed by atoms with E-state index in [2.05, 4.69) is 46.1 Å². The maximum atomic E-state index is 13.6. The molecule has 4 N–H and O–H groups in total. The van der Waals surface area contributed by atoms with Crippen LogP contribution >= 0.6 is 9.39 Å². The van der Waals surface area contributed by atoms with Crippen LogP contribution in [-0.2, 0) is 33.5 Å². The normalized spacial score (nSPS) is 30.2. The van der Waals surface area contributed by atoms with Gasteiger partial charge >= 0.3 is 6.09 Å². The summed E-state index contributed by atoms with van der Waals surface area (Å²) < 4.78 is 5.35. The Morgan fingerprint density at radius 3 is 1.44 bits per heavy atom. The molecule has 2 aliphatic heterocycles. The van der Waals surface area contributed by atoms with Gasteiger partial charge in [-0.05, 0) is 97.8 Å². The van der Waals surface area contributed by atoms with Crippen LogP contribution in [0.1, 0.15) is 126 Å². The summed E-state index contributed by atoms with van der Waals surface area (Å²) in [5.41, 5.74) is -2.17. The molecule has 0 aromatic carbocycles. The molecule has 14 nitrogen and oxygen atoms in total. The summed E-state index contributed by atoms with van der Waals surface area (Å²) >= 11 is 0. The van der Waals surface area contributed by atoms with Gasteiger partial charge in [-0.2, -0.15) is 0 Å². The number of allylic oxidation sites excluding steroid dienone is 4. The molecule has 3 unspecified atom stereocenters. The van der Waals surface area contributed by atoms with Crippen LogP contribution in [-0.4, -0.2) is 116 Å². The molecule has 0 aromatic rings. The average molecular weight is 913 g/mol. The number of carbonyl (C=O) groups is 7. The molecule has 0 radical (unpaired) electrons. The van der Waals surface area contributed by atoms with E-state index in [1.54, 1.807) is 52.8 Å². The fourth-order valence-electron chi connectivity index (χ4n) is 9.58. The average Bonchev–Trinajstić information content (AvgIpc) is 4.08. The molecule has 358 valence electrons. The van der Waals surface area contributed by atoms with Gasteiger partial charge in [0.15, 0.2) is 11.6 Å². The predicted molar refractivity (Wildman–Crippen MR) is 251 cm³/mol. The van der Waals surface area contributed by atoms with Gasteiger partial charge in [0.2, 0.25) is 11.8 Å². The number of likely N-dealkylation sites (tertiary alicyclic amines) is 2. The Bertz CT molecular complexity index is 1760. The van der Waals surface area contributed by atoms with Crippen LogP contribution in [0.15, 0.2) is 50.6 Å². The number of amides is 3. The number of Topliss-reactive ketones (excluding diaryl/α,β-unsaturated/α-hetero) is 4. The highest BCUT2D eigenvalue weighted by molar-refractivity contribution is 7.13. The second-order valence-corrected chi connectivity index (χ2v) is 19.9. The van der Waals surface area contributed by atoms with Gasteiger partial charge in [0.25, 0.3) is 0 Å². The number of β-amino-alcohol motifs (C(OH)–C–C–N with tert-alkyl or cyclic N) is 2. The molecule has 2 saturated carbocycles. The summed E-state index contributed by atoms with van der Waals surface area (Å²) in [7, 11) is 2.39. The Morgan fingerprint density at radius 2 is 1.11 bits per heavy atom. The molecule has 2 aliphatic carbocycles. The highest BCUT2D eigenvalue weighted by atomic mass is 31.0. The number of hydrogen-bond donors (Lipinski definition) is 4. The van der Waals surface area contributed by atoms with E-state index in [1.807, 2.05) is 6.08 Å². The highest BCUT2D eigenvalue weighted by Gasteiger charge is 2.60. The topological polar surface area (TPSA) is 200 Å². The van der Waals surface area contributed by atoms with Crippen molar-refractivity contribution in [2.75, 3.05) is 13.1 Å². The summed E-state index contributed by atoms with van der Waals surface area (Å²) in [6.07, 6.45) is 12.0. The van der Waals surface area contributed by atoms with Crippen molar-refractivity contribution in [1.82, 2.24) is 20.2 Å². The molecule has 2 saturated heterocycles. The first-order chi connectivity index (χ1) is 30.0. The lowest BCUT2D eigenvalue weighted by molar-refractivity contribution is -0.141. The Morgan fingerprint density at radius 1 is 0.719 bits per heavy atom. The lowest BCUT2D eigenvalue weighted by Gasteiger charge is -2.31. The molecule has 2 heterocycles. The molecule has 0 bridgehead atoms. The maximum Gasteiger partial charge on any atom is 0.408 e. The number of carbonyl (C=O) groups excluding carboxylic acids is 7. The number of rotatable bonds is 24. The third-order valence-electron chi connectivity index (χ3n) is 13.9. The van der Waals surface area contributed by atoms with Crippen LogP contribution in [0.4, 0.5) is 4.79 Å². The van der Waals surface area contributed by atoms with Gasteiger partial charge < -0.3 is 30.1 Å². The van der Waals surface area contributed by atoms with E-state index in [4.69, 9.17) is 4.74 Å². The fourth-order valence-corrected chi connectivity index (χ4v) is 9.89. The number of nitrogens with zero attached hydrogens (tertiary/aromatic N) is 2. The lowest BCUT2D eigenvalue weighted by Crippen LogP contribution is -2.53. The van der Waals surface area contributed by atoms with Crippen molar-refractivity contribution in [3.8, 4) is 0 Å². The SMILES string of the molecule is C=CCCCC[C@H](NC(=O)OC(C)(C)C)C(=O)N1C[C@H](O)C(C)[C@H]1C(=O)C[C@]1(C(C)=O)C[C@H]1C=C.C=CCCCC[C@H](NP)C(=O)N1C[C@H](O)C(C)[C@H]1C(=O)C[C@]1(C(C)=O)C[C@H]1C=C. The monoisotopic (exact) mass is 913 g/mol. The zero-order chi connectivity index (χ0) is 48.3. The maximum absolute atomic E-state index is 13.6. The summed E-state index contributed by atoms with van der Waals surface area (Å²) in [4.78, 5) is 93.4. The van der Waals surface area contributed by atoms with Gasteiger partial charge in [0.1, 0.15) is 23.2 Å². The van der Waals surface area contributed by atoms with E-state index in [-0.39, 0.29) is 72.7 Å². The summed E-state index contributed by atoms with van der Waals surface area (Å²) in [5.74, 6) is -1.94. The van der Waals surface area contributed by atoms with Gasteiger partial charge in [0.05, 0.1) is 30.3 Å². The summed E-state index contributed by atoms with van der Waals surface area (Å²) in [5, 5.41) is 26.6. The molecule has 0 spiro atoms. The molecule has 0 aromatic heterocycles. The molecule has 15 heteroatoms. The van der Waals surface area contributed by atoms with E-state index in [0.29, 0.717) is 32.1 Å². The largest absolute Gasteiger partial charge is 0.444 e. The number of aliphatic hydroxyl groups is 2. The van der Waals surface area contributed by atoms with Crippen molar-refractivity contribution in [1.29, 1.82) is 0 Å². The van der Waals surface area contributed by atoms with Crippen LogP contribution < -0.4 is 10.4 Å². The fraction of sp³-hybridized carbons (Fsp3) is 0.694. The van der Waals surface area contributed by atoms with Crippen LogP contribution in [0, 0.1) is 34.5 Å². The highest BCUT2D eigenvalue weighted by Crippen LogP contribution is 2.58. The second-order valence-electron chi connectivity index (χ2n) is 19.6. The van der Waals surface area contributed by atoms with Gasteiger partial charge in [0, 0.05) is 48.6 Å². The number of ketones is 4. The lowest BCUT2D eigenvalue weighted by atomic mass is 9.86. The van der Waals surface area contributed by atoms with Crippen LogP contribution in [0.5, 0.6) is 0 Å². The first-order valence-electron chi connectivity index (χ1n) is 23.0. The molecule has 3 amide bonds. The van der Waals surface area contributed by atoms with Crippen molar-refractivity contribution in [2.45, 2.75) is 167 Å². The first kappa shape index (κ1) is 54.5. The number of aliphatic hydroxyl groups excluding tert-OH is 2. The minimum atomic E-state index is -0.897. The molecule has 4 aliphatic rings. The first-order valence-corrected chi connectivity index (χ1v) is 23.6. The number of unbranched alkanes of at least 4 members (excludes halogenated alkanes) is 4. The van der Waals surface area contributed by atoms with Crippen LogP contribution in [0.2, 0.25) is 0 Å². The van der Waals surface area contributed by atoms with Crippen LogP contribution in [0.25, 0.3) is 0 Å². The summed E-state index contributed by atoms with van der Waals surface area (Å²) in [6, 6.07) is -2.89. The quantitative estimate of drug-likeness (QED) is 0.0503. The Balaban J connectivity index is 0.000000346. The molecule has 13 atom stereocenters. The molecular weight excluding hydrogens is 836 g/mol. The number of nitrogens with one attached hydrogen (secondary N) is 2. The molecule has 64 heavy (non-hydrogen) atoms. The van der Waals surface area contributed by atoms with Crippen molar-refractivity contribution >= 4 is 50.4 Å². The number of alkyl carbamates (subject to hydrolysis) is 1. The third kappa shape index (κ3) is 13.4. The Hall–Kier alpha value is -3.84. The zero-order valence-corrected chi connectivity index (χ0v) is 40.6. The summed E-state index contributed by atoms with van der Waals surface area (Å²) in [6.45, 7) is 26.8. The van der Waals surface area contributed by atoms with Crippen molar-refractivity contribution in [3.63, 3.8) is 0 Å². The van der Waals surface area contributed by atoms with Gasteiger partial charge in [-0.15, -0.1) is 26.3 Å². The minimum Gasteiger partial charge on any atom is -0.444 e.